The van der Waals surface area contributed by atoms with Crippen molar-refractivity contribution in [2.45, 2.75) is 84.0 Å². The van der Waals surface area contributed by atoms with Crippen LogP contribution in [0.1, 0.15) is 66.5 Å². The molecule has 2 aromatic rings. The van der Waals surface area contributed by atoms with Crippen LogP contribution in [0, 0.1) is 5.92 Å². The zero-order valence-corrected chi connectivity index (χ0v) is 23.6. The van der Waals surface area contributed by atoms with Gasteiger partial charge in [-0.2, -0.15) is 4.72 Å². The summed E-state index contributed by atoms with van der Waals surface area (Å²) in [5, 5.41) is 0. The van der Waals surface area contributed by atoms with Crippen LogP contribution in [0.2, 0.25) is 0 Å². The number of carbonyl (C=O) groups excluding carboxylic acids is 1. The third kappa shape index (κ3) is 5.25. The fourth-order valence-corrected chi connectivity index (χ4v) is 5.66. The first-order valence-electron chi connectivity index (χ1n) is 12.5. The van der Waals surface area contributed by atoms with Crippen LogP contribution in [0.25, 0.3) is 11.1 Å². The first kappa shape index (κ1) is 28.4. The summed E-state index contributed by atoms with van der Waals surface area (Å²) in [7, 11) is -3.13. The molecule has 196 valence electrons. The van der Waals surface area contributed by atoms with E-state index >= 15 is 0 Å². The average molecular weight is 515 g/mol. The van der Waals surface area contributed by atoms with Gasteiger partial charge in [-0.3, -0.25) is 4.79 Å². The monoisotopic (exact) mass is 515 g/mol. The maximum atomic E-state index is 13.1. The minimum Gasteiger partial charge on any atom is -0.468 e. The summed E-state index contributed by atoms with van der Waals surface area (Å²) in [5.41, 5.74) is 4.10. The number of hydrogen-bond acceptors (Lipinski definition) is 6. The molecule has 0 amide bonds. The minimum atomic E-state index is -3.92. The Labute approximate surface area is 216 Å². The molecule has 0 saturated carbocycles. The fourth-order valence-electron chi connectivity index (χ4n) is 4.30. The van der Waals surface area contributed by atoms with E-state index in [1.165, 1.54) is 7.11 Å². The number of ether oxygens (including phenoxy) is 1. The van der Waals surface area contributed by atoms with Crippen molar-refractivity contribution in [2.75, 3.05) is 7.11 Å². The highest BCUT2D eigenvalue weighted by Crippen LogP contribution is 2.39. The van der Waals surface area contributed by atoms with Crippen molar-refractivity contribution in [1.82, 2.24) is 4.72 Å². The molecule has 0 bridgehead atoms. The molecule has 1 aliphatic heterocycles. The summed E-state index contributed by atoms with van der Waals surface area (Å²) in [6.45, 7) is 15.6. The molecule has 2 aromatic carbocycles. The van der Waals surface area contributed by atoms with Gasteiger partial charge in [-0.1, -0.05) is 52.0 Å². The molecule has 0 radical (unpaired) electrons. The lowest BCUT2D eigenvalue weighted by atomic mass is 9.78. The molecule has 1 saturated heterocycles. The van der Waals surface area contributed by atoms with Crippen LogP contribution in [0.15, 0.2) is 41.3 Å². The lowest BCUT2D eigenvalue weighted by Crippen LogP contribution is -2.44. The van der Waals surface area contributed by atoms with Crippen LogP contribution in [0.3, 0.4) is 0 Å². The lowest BCUT2D eigenvalue weighted by molar-refractivity contribution is -0.143. The Balaban J connectivity index is 0.00000176. The highest BCUT2D eigenvalue weighted by Gasteiger charge is 2.51. The maximum Gasteiger partial charge on any atom is 0.494 e. The van der Waals surface area contributed by atoms with Gasteiger partial charge in [0, 0.05) is 0 Å². The van der Waals surface area contributed by atoms with Gasteiger partial charge in [-0.25, -0.2) is 8.42 Å². The quantitative estimate of drug-likeness (QED) is 0.394. The van der Waals surface area contributed by atoms with Crippen molar-refractivity contribution in [3.8, 4) is 11.1 Å². The minimum absolute atomic E-state index is 0.115. The number of methoxy groups -OCH3 is 1. The molecule has 1 fully saturated rings. The van der Waals surface area contributed by atoms with E-state index in [0.717, 1.165) is 27.7 Å². The molecule has 9 heteroatoms. The lowest BCUT2D eigenvalue weighted by Gasteiger charge is -2.32. The van der Waals surface area contributed by atoms with Gasteiger partial charge >= 0.3 is 13.1 Å². The zero-order chi connectivity index (χ0) is 27.1. The van der Waals surface area contributed by atoms with E-state index in [9.17, 15) is 13.2 Å². The van der Waals surface area contributed by atoms with Gasteiger partial charge in [-0.15, -0.1) is 0 Å². The topological polar surface area (TPSA) is 90.9 Å². The normalized spacial score (nSPS) is 18.2. The van der Waals surface area contributed by atoms with Crippen LogP contribution in [0.5, 0.6) is 0 Å². The third-order valence-corrected chi connectivity index (χ3v) is 8.56. The van der Waals surface area contributed by atoms with Crippen molar-refractivity contribution >= 4 is 28.6 Å². The average Bonchev–Trinajstić information content (AvgIpc) is 3.29. The highest BCUT2D eigenvalue weighted by molar-refractivity contribution is 7.89. The molecular formula is C27H38BNO6S. The van der Waals surface area contributed by atoms with Gasteiger partial charge in [0.25, 0.3) is 0 Å². The van der Waals surface area contributed by atoms with Crippen molar-refractivity contribution in [1.29, 1.82) is 0 Å². The van der Waals surface area contributed by atoms with Crippen molar-refractivity contribution in [3.63, 3.8) is 0 Å². The van der Waals surface area contributed by atoms with E-state index in [0.29, 0.717) is 6.42 Å². The number of hydrogen-bond donors (Lipinski definition) is 1. The molecule has 0 spiro atoms. The molecule has 1 aliphatic carbocycles. The first-order valence-corrected chi connectivity index (χ1v) is 14.0. The Hall–Kier alpha value is -2.20. The molecular weight excluding hydrogens is 477 g/mol. The number of sulfonamides is 1. The summed E-state index contributed by atoms with van der Waals surface area (Å²) >= 11 is 0. The van der Waals surface area contributed by atoms with Crippen molar-refractivity contribution in [2.24, 2.45) is 5.92 Å². The SMILES string of the molecule is CC.COC(=O)[C@H](NS(=O)(=O)c1ccc2c(c1)-c1ccc(B3OC(C)(C)C(C)(C)O3)cc1C2)C(C)C. The van der Waals surface area contributed by atoms with Crippen LogP contribution in [0.4, 0.5) is 0 Å². The Morgan fingerprint density at radius 1 is 0.972 bits per heavy atom. The molecule has 0 unspecified atom stereocenters. The predicted octanol–water partition coefficient (Wildman–Crippen LogP) is 4.06. The molecule has 7 nitrogen and oxygen atoms in total. The summed E-state index contributed by atoms with van der Waals surface area (Å²) in [6.07, 6.45) is 0.697. The Kier molecular flexibility index (Phi) is 8.11. The van der Waals surface area contributed by atoms with Gasteiger partial charge in [0.05, 0.1) is 23.2 Å². The Morgan fingerprint density at radius 3 is 2.14 bits per heavy atom. The molecule has 1 heterocycles. The van der Waals surface area contributed by atoms with E-state index < -0.39 is 40.4 Å². The molecule has 36 heavy (non-hydrogen) atoms. The van der Waals surface area contributed by atoms with Crippen LogP contribution in [-0.2, 0) is 35.3 Å². The smallest absolute Gasteiger partial charge is 0.468 e. The second kappa shape index (κ2) is 10.3. The zero-order valence-electron chi connectivity index (χ0n) is 22.8. The number of benzene rings is 2. The summed E-state index contributed by atoms with van der Waals surface area (Å²) in [6, 6.07) is 10.2. The summed E-state index contributed by atoms with van der Waals surface area (Å²) in [4.78, 5) is 12.2. The maximum absolute atomic E-state index is 13.1. The third-order valence-electron chi connectivity index (χ3n) is 7.12. The second-order valence-electron chi connectivity index (χ2n) is 10.4. The number of carbonyl (C=O) groups is 1. The van der Waals surface area contributed by atoms with E-state index in [1.54, 1.807) is 26.0 Å². The number of nitrogens with one attached hydrogen (secondary N) is 1. The van der Waals surface area contributed by atoms with E-state index in [4.69, 9.17) is 14.0 Å². The second-order valence-corrected chi connectivity index (χ2v) is 12.1. The van der Waals surface area contributed by atoms with Gasteiger partial charge < -0.3 is 14.0 Å². The van der Waals surface area contributed by atoms with Crippen LogP contribution >= 0.6 is 0 Å². The first-order chi connectivity index (χ1) is 16.8. The van der Waals surface area contributed by atoms with Crippen LogP contribution in [-0.4, -0.2) is 45.9 Å². The van der Waals surface area contributed by atoms with Gasteiger partial charge in [0.1, 0.15) is 6.04 Å². The molecule has 4 rings (SSSR count). The molecule has 1 N–H and O–H groups in total. The summed E-state index contributed by atoms with van der Waals surface area (Å²) in [5.74, 6) is -0.869. The Morgan fingerprint density at radius 2 is 1.58 bits per heavy atom. The van der Waals surface area contributed by atoms with Gasteiger partial charge in [0.2, 0.25) is 10.0 Å². The molecule has 2 aliphatic rings. The van der Waals surface area contributed by atoms with Gasteiger partial charge in [0.15, 0.2) is 0 Å². The van der Waals surface area contributed by atoms with Crippen molar-refractivity contribution < 1.29 is 27.3 Å². The van der Waals surface area contributed by atoms with Gasteiger partial charge in [-0.05, 0) is 79.9 Å². The molecule has 0 aromatic heterocycles. The van der Waals surface area contributed by atoms with E-state index in [1.807, 2.05) is 59.7 Å². The largest absolute Gasteiger partial charge is 0.494 e. The van der Waals surface area contributed by atoms with Crippen LogP contribution < -0.4 is 10.2 Å². The van der Waals surface area contributed by atoms with E-state index in [2.05, 4.69) is 10.8 Å². The number of esters is 1. The predicted molar refractivity (Wildman–Crippen MR) is 143 cm³/mol. The Bertz CT molecular complexity index is 1220. The molecule has 1 atom stereocenters. The van der Waals surface area contributed by atoms with Crippen molar-refractivity contribution in [3.05, 3.63) is 47.5 Å². The standard InChI is InChI=1S/C25H32BNO6S.C2H6/c1-15(2)22(23(28)31-7)27-34(29,30)19-10-8-16-12-17-13-18(9-11-20(17)21(16)14-19)26-32-24(3,4)25(5,6)33-26;1-2/h8-11,13-15,22,27H,12H2,1-7H3;1-2H3/t22-;/m1./s1. The number of fused-ring (bicyclic) bond motifs is 3. The number of rotatable bonds is 6. The summed E-state index contributed by atoms with van der Waals surface area (Å²) < 4.78 is 45.8. The fraction of sp³-hybridized carbons (Fsp3) is 0.519. The van der Waals surface area contributed by atoms with E-state index in [-0.39, 0.29) is 10.8 Å². The highest BCUT2D eigenvalue weighted by atomic mass is 32.2.